The first-order chi connectivity index (χ1) is 6.15. The molecule has 3 nitrogen and oxygen atoms in total. The standard InChI is InChI=1S/C9H10FN3/c10-8-5-6(12)1-2-7(8)9(13)3-4-11/h1-2,5,9H,3,12-13H2/t9-/m1/s1. The number of hydrogen-bond acceptors (Lipinski definition) is 3. The van der Waals surface area contributed by atoms with Gasteiger partial charge in [0.05, 0.1) is 12.5 Å². The number of nitrogen functional groups attached to an aromatic ring is 1. The number of nitrogens with zero attached hydrogens (tertiary/aromatic N) is 1. The number of nitriles is 1. The van der Waals surface area contributed by atoms with E-state index in [1.165, 1.54) is 12.1 Å². The lowest BCUT2D eigenvalue weighted by Gasteiger charge is -2.08. The van der Waals surface area contributed by atoms with Gasteiger partial charge < -0.3 is 11.5 Å². The van der Waals surface area contributed by atoms with Crippen LogP contribution in [-0.2, 0) is 0 Å². The van der Waals surface area contributed by atoms with Crippen molar-refractivity contribution in [3.63, 3.8) is 0 Å². The molecule has 0 unspecified atom stereocenters. The number of hydrogen-bond donors (Lipinski definition) is 2. The molecule has 4 N–H and O–H groups in total. The number of rotatable bonds is 2. The molecule has 4 heteroatoms. The van der Waals surface area contributed by atoms with E-state index in [0.717, 1.165) is 0 Å². The van der Waals surface area contributed by atoms with Crippen LogP contribution in [0.3, 0.4) is 0 Å². The van der Waals surface area contributed by atoms with Crippen molar-refractivity contribution in [2.75, 3.05) is 5.73 Å². The molecular weight excluding hydrogens is 169 g/mol. The zero-order chi connectivity index (χ0) is 9.84. The maximum absolute atomic E-state index is 13.2. The Morgan fingerprint density at radius 3 is 2.77 bits per heavy atom. The van der Waals surface area contributed by atoms with Crippen molar-refractivity contribution < 1.29 is 4.39 Å². The predicted octanol–water partition coefficient (Wildman–Crippen LogP) is 1.32. The third-order valence-electron chi connectivity index (χ3n) is 1.74. The number of benzene rings is 1. The first-order valence-electron chi connectivity index (χ1n) is 3.82. The average Bonchev–Trinajstić information content (AvgIpc) is 2.04. The molecule has 0 amide bonds. The van der Waals surface area contributed by atoms with Crippen LogP contribution in [0.25, 0.3) is 0 Å². The minimum Gasteiger partial charge on any atom is -0.399 e. The summed E-state index contributed by atoms with van der Waals surface area (Å²) in [6.45, 7) is 0. The Morgan fingerprint density at radius 2 is 2.23 bits per heavy atom. The topological polar surface area (TPSA) is 75.8 Å². The quantitative estimate of drug-likeness (QED) is 0.672. The smallest absolute Gasteiger partial charge is 0.130 e. The van der Waals surface area contributed by atoms with Crippen LogP contribution in [0.2, 0.25) is 0 Å². The molecule has 0 spiro atoms. The van der Waals surface area contributed by atoms with Crippen molar-refractivity contribution in [3.05, 3.63) is 29.6 Å². The van der Waals surface area contributed by atoms with E-state index in [1.54, 1.807) is 6.07 Å². The molecule has 0 bridgehead atoms. The van der Waals surface area contributed by atoms with Crippen molar-refractivity contribution in [1.29, 1.82) is 5.26 Å². The van der Waals surface area contributed by atoms with E-state index in [-0.39, 0.29) is 6.42 Å². The summed E-state index contributed by atoms with van der Waals surface area (Å²) >= 11 is 0. The summed E-state index contributed by atoms with van der Waals surface area (Å²) < 4.78 is 13.2. The molecule has 0 saturated heterocycles. The van der Waals surface area contributed by atoms with E-state index >= 15 is 0 Å². The lowest BCUT2D eigenvalue weighted by molar-refractivity contribution is 0.585. The van der Waals surface area contributed by atoms with Crippen LogP contribution in [0.5, 0.6) is 0 Å². The fourth-order valence-corrected chi connectivity index (χ4v) is 1.05. The molecule has 1 aromatic carbocycles. The lowest BCUT2D eigenvalue weighted by Crippen LogP contribution is -2.11. The summed E-state index contributed by atoms with van der Waals surface area (Å²) in [6, 6.07) is 5.58. The van der Waals surface area contributed by atoms with E-state index in [0.29, 0.717) is 11.3 Å². The van der Waals surface area contributed by atoms with Gasteiger partial charge in [-0.3, -0.25) is 0 Å². The molecule has 0 aliphatic carbocycles. The highest BCUT2D eigenvalue weighted by Crippen LogP contribution is 2.19. The highest BCUT2D eigenvalue weighted by molar-refractivity contribution is 5.41. The van der Waals surface area contributed by atoms with Gasteiger partial charge in [-0.15, -0.1) is 0 Å². The van der Waals surface area contributed by atoms with E-state index in [9.17, 15) is 4.39 Å². The summed E-state index contributed by atoms with van der Waals surface area (Å²) in [4.78, 5) is 0. The third kappa shape index (κ3) is 2.17. The minimum absolute atomic E-state index is 0.0981. The SMILES string of the molecule is N#CC[C@@H](N)c1ccc(N)cc1F. The second-order valence-electron chi connectivity index (χ2n) is 2.75. The van der Waals surface area contributed by atoms with Gasteiger partial charge in [0.15, 0.2) is 0 Å². The van der Waals surface area contributed by atoms with Gasteiger partial charge in [-0.2, -0.15) is 5.26 Å². The van der Waals surface area contributed by atoms with Gasteiger partial charge in [-0.05, 0) is 12.1 Å². The molecule has 0 heterocycles. The molecule has 0 radical (unpaired) electrons. The van der Waals surface area contributed by atoms with Gasteiger partial charge in [-0.25, -0.2) is 4.39 Å². The monoisotopic (exact) mass is 179 g/mol. The van der Waals surface area contributed by atoms with Gasteiger partial charge >= 0.3 is 0 Å². The highest BCUT2D eigenvalue weighted by Gasteiger charge is 2.10. The Kier molecular flexibility index (Phi) is 2.83. The van der Waals surface area contributed by atoms with Gasteiger partial charge in [0.2, 0.25) is 0 Å². The lowest BCUT2D eigenvalue weighted by atomic mass is 10.0. The van der Waals surface area contributed by atoms with Crippen molar-refractivity contribution in [2.24, 2.45) is 5.73 Å². The van der Waals surface area contributed by atoms with Gasteiger partial charge in [-0.1, -0.05) is 6.07 Å². The number of anilines is 1. The van der Waals surface area contributed by atoms with Crippen molar-refractivity contribution in [1.82, 2.24) is 0 Å². The largest absolute Gasteiger partial charge is 0.399 e. The zero-order valence-corrected chi connectivity index (χ0v) is 7.00. The second-order valence-corrected chi connectivity index (χ2v) is 2.75. The Morgan fingerprint density at radius 1 is 1.54 bits per heavy atom. The van der Waals surface area contributed by atoms with Crippen LogP contribution >= 0.6 is 0 Å². The second kappa shape index (κ2) is 3.87. The summed E-state index contributed by atoms with van der Waals surface area (Å²) in [7, 11) is 0. The van der Waals surface area contributed by atoms with E-state index in [2.05, 4.69) is 0 Å². The van der Waals surface area contributed by atoms with Crippen LogP contribution in [0, 0.1) is 17.1 Å². The summed E-state index contributed by atoms with van der Waals surface area (Å²) in [5.74, 6) is -0.456. The molecule has 1 atom stereocenters. The highest BCUT2D eigenvalue weighted by atomic mass is 19.1. The molecule has 0 saturated carbocycles. The van der Waals surface area contributed by atoms with Crippen molar-refractivity contribution in [2.45, 2.75) is 12.5 Å². The van der Waals surface area contributed by atoms with Crippen molar-refractivity contribution >= 4 is 5.69 Å². The molecule has 0 aliphatic heterocycles. The molecule has 0 fully saturated rings. The first kappa shape index (κ1) is 9.49. The fraction of sp³-hybridized carbons (Fsp3) is 0.222. The summed E-state index contributed by atoms with van der Waals surface area (Å²) in [6.07, 6.45) is 0.0981. The predicted molar refractivity (Wildman–Crippen MR) is 48.0 cm³/mol. The third-order valence-corrected chi connectivity index (χ3v) is 1.74. The summed E-state index contributed by atoms with van der Waals surface area (Å²) in [5, 5.41) is 8.37. The molecule has 68 valence electrons. The Labute approximate surface area is 75.8 Å². The molecule has 13 heavy (non-hydrogen) atoms. The van der Waals surface area contributed by atoms with Crippen LogP contribution < -0.4 is 11.5 Å². The van der Waals surface area contributed by atoms with E-state index in [1.807, 2.05) is 6.07 Å². The molecule has 0 aliphatic rings. The van der Waals surface area contributed by atoms with Crippen LogP contribution in [0.1, 0.15) is 18.0 Å². The molecule has 1 aromatic rings. The molecule has 0 aromatic heterocycles. The average molecular weight is 179 g/mol. The maximum atomic E-state index is 13.2. The summed E-state index contributed by atoms with van der Waals surface area (Å²) in [5.41, 5.74) is 11.6. The Hall–Kier alpha value is -1.60. The van der Waals surface area contributed by atoms with Crippen LogP contribution in [-0.4, -0.2) is 0 Å². The Balaban J connectivity index is 2.96. The molecular formula is C9H10FN3. The van der Waals surface area contributed by atoms with Crippen molar-refractivity contribution in [3.8, 4) is 6.07 Å². The van der Waals surface area contributed by atoms with Crippen LogP contribution in [0.4, 0.5) is 10.1 Å². The van der Waals surface area contributed by atoms with Crippen LogP contribution in [0.15, 0.2) is 18.2 Å². The van der Waals surface area contributed by atoms with E-state index in [4.69, 9.17) is 16.7 Å². The first-order valence-corrected chi connectivity index (χ1v) is 3.82. The maximum Gasteiger partial charge on any atom is 0.130 e. The number of halogens is 1. The normalized spacial score (nSPS) is 12.1. The van der Waals surface area contributed by atoms with Gasteiger partial charge in [0.25, 0.3) is 0 Å². The number of nitrogens with two attached hydrogens (primary N) is 2. The minimum atomic E-state index is -0.578. The molecule has 1 rings (SSSR count). The van der Waals surface area contributed by atoms with E-state index < -0.39 is 11.9 Å². The zero-order valence-electron chi connectivity index (χ0n) is 7.00. The van der Waals surface area contributed by atoms with Gasteiger partial charge in [0.1, 0.15) is 5.82 Å². The Bertz CT molecular complexity index is 343. The fourth-order valence-electron chi connectivity index (χ4n) is 1.05. The van der Waals surface area contributed by atoms with Gasteiger partial charge in [0, 0.05) is 17.3 Å².